The van der Waals surface area contributed by atoms with E-state index in [1.54, 1.807) is 0 Å². The normalized spacial score (nSPS) is 11.4. The van der Waals surface area contributed by atoms with Crippen molar-refractivity contribution in [3.05, 3.63) is 42.0 Å². The van der Waals surface area contributed by atoms with E-state index in [1.165, 1.54) is 24.5 Å². The average molecular weight is 270 g/mol. The van der Waals surface area contributed by atoms with E-state index in [0.29, 0.717) is 0 Å². The third-order valence-electron chi connectivity index (χ3n) is 2.30. The minimum absolute atomic E-state index is 0.00104. The van der Waals surface area contributed by atoms with Gasteiger partial charge in [0.2, 0.25) is 0 Å². The van der Waals surface area contributed by atoms with Crippen LogP contribution in [0.15, 0.2) is 35.5 Å². The van der Waals surface area contributed by atoms with Crippen LogP contribution in [-0.4, -0.2) is 18.6 Å². The molecule has 0 saturated heterocycles. The Labute approximate surface area is 103 Å². The average Bonchev–Trinajstić information content (AvgIpc) is 2.85. The molecule has 1 aromatic carbocycles. The first-order valence-corrected chi connectivity index (χ1v) is 6.51. The summed E-state index contributed by atoms with van der Waals surface area (Å²) in [5.41, 5.74) is 5.83. The van der Waals surface area contributed by atoms with E-state index in [9.17, 15) is 12.8 Å². The van der Waals surface area contributed by atoms with Crippen molar-refractivity contribution < 1.29 is 12.8 Å². The van der Waals surface area contributed by atoms with Crippen LogP contribution in [0, 0.1) is 5.82 Å². The molecule has 0 amide bonds. The van der Waals surface area contributed by atoms with Crippen molar-refractivity contribution in [2.24, 2.45) is 5.73 Å². The van der Waals surface area contributed by atoms with Crippen molar-refractivity contribution in [3.8, 4) is 0 Å². The summed E-state index contributed by atoms with van der Waals surface area (Å²) in [6.07, 6.45) is 2.42. The molecule has 0 bridgehead atoms. The zero-order chi connectivity index (χ0) is 13.2. The summed E-state index contributed by atoms with van der Waals surface area (Å²) in [7, 11) is -3.71. The topological polar surface area (TPSA) is 101 Å². The molecule has 1 aromatic heterocycles. The highest BCUT2D eigenvalue weighted by Gasteiger charge is 2.15. The Morgan fingerprint density at radius 1 is 1.44 bits per heavy atom. The number of aromatic nitrogens is 2. The molecule has 0 spiro atoms. The minimum Gasteiger partial charge on any atom is -0.326 e. The van der Waals surface area contributed by atoms with Gasteiger partial charge >= 0.3 is 0 Å². The van der Waals surface area contributed by atoms with Crippen molar-refractivity contribution in [1.82, 2.24) is 10.2 Å². The van der Waals surface area contributed by atoms with Gasteiger partial charge in [-0.25, -0.2) is 12.8 Å². The summed E-state index contributed by atoms with van der Waals surface area (Å²) in [6.45, 7) is -0.00683. The first kappa shape index (κ1) is 12.5. The molecule has 0 aliphatic rings. The van der Waals surface area contributed by atoms with Gasteiger partial charge in [0, 0.05) is 24.0 Å². The molecule has 96 valence electrons. The lowest BCUT2D eigenvalue weighted by molar-refractivity contribution is 0.600. The van der Waals surface area contributed by atoms with E-state index in [1.807, 2.05) is 0 Å². The molecule has 1 heterocycles. The zero-order valence-corrected chi connectivity index (χ0v) is 10.0. The van der Waals surface area contributed by atoms with Gasteiger partial charge in [0.25, 0.3) is 10.0 Å². The molecule has 8 heteroatoms. The van der Waals surface area contributed by atoms with Crippen molar-refractivity contribution in [3.63, 3.8) is 0 Å². The number of nitrogens with two attached hydrogens (primary N) is 1. The van der Waals surface area contributed by atoms with Gasteiger partial charge in [-0.05, 0) is 18.2 Å². The number of nitrogens with zero attached hydrogens (tertiary/aromatic N) is 1. The van der Waals surface area contributed by atoms with E-state index in [0.717, 1.165) is 6.07 Å². The SMILES string of the molecule is NCc1cc(NS(=O)(=O)c2cn[nH]c2)ccc1F. The Balaban J connectivity index is 2.30. The van der Waals surface area contributed by atoms with Gasteiger partial charge in [0.05, 0.1) is 6.20 Å². The number of anilines is 1. The molecule has 0 saturated carbocycles. The number of aromatic amines is 1. The summed E-state index contributed by atoms with van der Waals surface area (Å²) >= 11 is 0. The number of nitrogens with one attached hydrogen (secondary N) is 2. The molecule has 2 rings (SSSR count). The van der Waals surface area contributed by atoms with Gasteiger partial charge in [-0.15, -0.1) is 0 Å². The highest BCUT2D eigenvalue weighted by atomic mass is 32.2. The third-order valence-corrected chi connectivity index (χ3v) is 3.65. The number of hydrogen-bond donors (Lipinski definition) is 3. The second-order valence-corrected chi connectivity index (χ2v) is 5.23. The summed E-state index contributed by atoms with van der Waals surface area (Å²) in [5.74, 6) is -0.469. The first-order chi connectivity index (χ1) is 8.53. The maximum absolute atomic E-state index is 13.2. The predicted octanol–water partition coefficient (Wildman–Crippen LogP) is 0.808. The van der Waals surface area contributed by atoms with Crippen molar-refractivity contribution >= 4 is 15.7 Å². The van der Waals surface area contributed by atoms with E-state index in [4.69, 9.17) is 5.73 Å². The van der Waals surface area contributed by atoms with Crippen LogP contribution in [-0.2, 0) is 16.6 Å². The molecule has 0 aliphatic carbocycles. The van der Waals surface area contributed by atoms with Crippen LogP contribution in [0.3, 0.4) is 0 Å². The van der Waals surface area contributed by atoms with E-state index in [2.05, 4.69) is 14.9 Å². The highest BCUT2D eigenvalue weighted by Crippen LogP contribution is 2.18. The number of halogens is 1. The summed E-state index contributed by atoms with van der Waals surface area (Å²) in [5, 5.41) is 5.96. The van der Waals surface area contributed by atoms with Crippen LogP contribution in [0.25, 0.3) is 0 Å². The number of rotatable bonds is 4. The van der Waals surface area contributed by atoms with E-state index >= 15 is 0 Å². The maximum atomic E-state index is 13.2. The fraction of sp³-hybridized carbons (Fsp3) is 0.100. The zero-order valence-electron chi connectivity index (χ0n) is 9.22. The maximum Gasteiger partial charge on any atom is 0.265 e. The van der Waals surface area contributed by atoms with Crippen LogP contribution < -0.4 is 10.5 Å². The minimum atomic E-state index is -3.71. The molecular formula is C10H11FN4O2S. The summed E-state index contributed by atoms with van der Waals surface area (Å²) < 4.78 is 39.2. The lowest BCUT2D eigenvalue weighted by Crippen LogP contribution is -2.13. The number of hydrogen-bond acceptors (Lipinski definition) is 4. The molecular weight excluding hydrogens is 259 g/mol. The van der Waals surface area contributed by atoms with Crippen LogP contribution in [0.4, 0.5) is 10.1 Å². The monoisotopic (exact) mass is 270 g/mol. The Kier molecular flexibility index (Phi) is 3.30. The van der Waals surface area contributed by atoms with Crippen LogP contribution in [0.5, 0.6) is 0 Å². The summed E-state index contributed by atoms with van der Waals surface area (Å²) in [6, 6.07) is 3.84. The molecule has 0 radical (unpaired) electrons. The van der Waals surface area contributed by atoms with Crippen molar-refractivity contribution in [2.45, 2.75) is 11.4 Å². The molecule has 2 aromatic rings. The van der Waals surface area contributed by atoms with Gasteiger partial charge < -0.3 is 5.73 Å². The predicted molar refractivity (Wildman–Crippen MR) is 63.7 cm³/mol. The molecule has 6 nitrogen and oxygen atoms in total. The Hall–Kier alpha value is -1.93. The molecule has 4 N–H and O–H groups in total. The smallest absolute Gasteiger partial charge is 0.265 e. The molecule has 18 heavy (non-hydrogen) atoms. The fourth-order valence-electron chi connectivity index (χ4n) is 1.39. The Morgan fingerprint density at radius 3 is 2.83 bits per heavy atom. The largest absolute Gasteiger partial charge is 0.326 e. The van der Waals surface area contributed by atoms with E-state index in [-0.39, 0.29) is 22.7 Å². The quantitative estimate of drug-likeness (QED) is 0.765. The summed E-state index contributed by atoms with van der Waals surface area (Å²) in [4.78, 5) is 0.00104. The van der Waals surface area contributed by atoms with Gasteiger partial charge in [0.1, 0.15) is 10.7 Å². The highest BCUT2D eigenvalue weighted by molar-refractivity contribution is 7.92. The van der Waals surface area contributed by atoms with E-state index < -0.39 is 15.8 Å². The van der Waals surface area contributed by atoms with Crippen LogP contribution in [0.1, 0.15) is 5.56 Å². The van der Waals surface area contributed by atoms with Crippen molar-refractivity contribution in [2.75, 3.05) is 4.72 Å². The first-order valence-electron chi connectivity index (χ1n) is 5.03. The van der Waals surface area contributed by atoms with Crippen LogP contribution in [0.2, 0.25) is 0 Å². The fourth-order valence-corrected chi connectivity index (χ4v) is 2.35. The molecule has 0 atom stereocenters. The number of benzene rings is 1. The number of H-pyrrole nitrogens is 1. The molecule has 0 unspecified atom stereocenters. The van der Waals surface area contributed by atoms with Crippen LogP contribution >= 0.6 is 0 Å². The van der Waals surface area contributed by atoms with Gasteiger partial charge in [-0.1, -0.05) is 0 Å². The lowest BCUT2D eigenvalue weighted by Gasteiger charge is -2.08. The second kappa shape index (κ2) is 4.75. The number of sulfonamides is 1. The second-order valence-electron chi connectivity index (χ2n) is 3.55. The van der Waals surface area contributed by atoms with Crippen molar-refractivity contribution in [1.29, 1.82) is 0 Å². The molecule has 0 fully saturated rings. The van der Waals surface area contributed by atoms with Gasteiger partial charge in [-0.2, -0.15) is 5.10 Å². The Bertz CT molecular complexity index is 640. The molecule has 0 aliphatic heterocycles. The lowest BCUT2D eigenvalue weighted by atomic mass is 10.2. The Morgan fingerprint density at radius 2 is 2.22 bits per heavy atom. The standard InChI is InChI=1S/C10H11FN4O2S/c11-10-2-1-8(3-7(10)4-12)15-18(16,17)9-5-13-14-6-9/h1-3,5-6,15H,4,12H2,(H,13,14). The van der Waals surface area contributed by atoms with Gasteiger partial charge in [0.15, 0.2) is 0 Å². The van der Waals surface area contributed by atoms with Gasteiger partial charge in [-0.3, -0.25) is 9.82 Å². The third kappa shape index (κ3) is 2.49.